The van der Waals surface area contributed by atoms with Gasteiger partial charge in [-0.3, -0.25) is 19.3 Å². The molecule has 1 saturated heterocycles. The van der Waals surface area contributed by atoms with Gasteiger partial charge >= 0.3 is 5.97 Å². The fourth-order valence-corrected chi connectivity index (χ4v) is 7.02. The fourth-order valence-electron chi connectivity index (χ4n) is 5.15. The summed E-state index contributed by atoms with van der Waals surface area (Å²) in [5.41, 5.74) is 0.550. The maximum Gasteiger partial charge on any atom is 0.311 e. The Hall–Kier alpha value is -1.21. The average molecular weight is 527 g/mol. The number of ether oxygens (including phenoxy) is 1. The first-order valence-corrected chi connectivity index (χ1v) is 12.2. The number of carbonyl (C=O) groups is 3. The summed E-state index contributed by atoms with van der Waals surface area (Å²) in [6.07, 6.45) is 5.42. The SMILES string of the molecule is CCCCCCC(=O)Oc1ccc(N2C(=O)[C@H]3[C@@H]4C[C@@H]([C@H](Br)[C@@H]4Br)[C@@H]3C2=O)cc1. The Balaban J connectivity index is 1.42. The van der Waals surface area contributed by atoms with Crippen LogP contribution in [-0.2, 0) is 14.4 Å². The fraction of sp³-hybridized carbons (Fsp3) is 0.591. The summed E-state index contributed by atoms with van der Waals surface area (Å²) in [5, 5.41) is 0. The molecule has 1 aliphatic heterocycles. The highest BCUT2D eigenvalue weighted by Crippen LogP contribution is 2.60. The summed E-state index contributed by atoms with van der Waals surface area (Å²) in [6.45, 7) is 2.13. The topological polar surface area (TPSA) is 63.7 Å². The van der Waals surface area contributed by atoms with Gasteiger partial charge in [-0.1, -0.05) is 58.0 Å². The van der Waals surface area contributed by atoms with Gasteiger partial charge in [0.1, 0.15) is 5.75 Å². The Kier molecular flexibility index (Phi) is 6.17. The average Bonchev–Trinajstić information content (AvgIpc) is 3.31. The zero-order valence-corrected chi connectivity index (χ0v) is 19.5. The van der Waals surface area contributed by atoms with Crippen molar-refractivity contribution in [1.29, 1.82) is 0 Å². The van der Waals surface area contributed by atoms with Gasteiger partial charge in [-0.2, -0.15) is 0 Å². The third kappa shape index (κ3) is 3.69. The summed E-state index contributed by atoms with van der Waals surface area (Å²) in [4.78, 5) is 39.8. The number of alkyl halides is 2. The number of hydrogen-bond donors (Lipinski definition) is 0. The number of amides is 2. The number of hydrogen-bond acceptors (Lipinski definition) is 4. The molecule has 1 heterocycles. The van der Waals surface area contributed by atoms with Crippen LogP contribution in [0.15, 0.2) is 24.3 Å². The molecule has 1 aromatic rings. The molecular weight excluding hydrogens is 502 g/mol. The lowest BCUT2D eigenvalue weighted by Crippen LogP contribution is -2.37. The molecule has 3 fully saturated rings. The molecule has 1 aromatic carbocycles. The van der Waals surface area contributed by atoms with Gasteiger partial charge in [-0.25, -0.2) is 0 Å². The number of carbonyl (C=O) groups excluding carboxylic acids is 3. The molecule has 6 atom stereocenters. The van der Waals surface area contributed by atoms with Crippen molar-refractivity contribution in [3.05, 3.63) is 24.3 Å². The number of unbranched alkanes of at least 4 members (excludes halogenated alkanes) is 3. The van der Waals surface area contributed by atoms with Crippen molar-refractivity contribution in [3.8, 4) is 5.75 Å². The number of rotatable bonds is 7. The Morgan fingerprint density at radius 1 is 1.00 bits per heavy atom. The molecule has 156 valence electrons. The third-order valence-corrected chi connectivity index (χ3v) is 9.75. The maximum atomic E-state index is 13.1. The van der Waals surface area contributed by atoms with E-state index in [1.54, 1.807) is 24.3 Å². The largest absolute Gasteiger partial charge is 0.427 e. The summed E-state index contributed by atoms with van der Waals surface area (Å²) in [7, 11) is 0. The smallest absolute Gasteiger partial charge is 0.311 e. The van der Waals surface area contributed by atoms with Crippen LogP contribution in [0.4, 0.5) is 5.69 Å². The lowest BCUT2D eigenvalue weighted by Gasteiger charge is -2.28. The quantitative estimate of drug-likeness (QED) is 0.167. The molecule has 2 saturated carbocycles. The van der Waals surface area contributed by atoms with Gasteiger partial charge in [0.2, 0.25) is 11.8 Å². The molecule has 0 radical (unpaired) electrons. The van der Waals surface area contributed by atoms with Crippen molar-refractivity contribution in [2.45, 2.75) is 55.1 Å². The molecule has 0 aromatic heterocycles. The van der Waals surface area contributed by atoms with Crippen molar-refractivity contribution in [2.75, 3.05) is 4.90 Å². The Bertz CT molecular complexity index is 780. The second-order valence-electron chi connectivity index (χ2n) is 8.29. The second kappa shape index (κ2) is 8.50. The molecule has 0 unspecified atom stereocenters. The highest BCUT2D eigenvalue weighted by molar-refractivity contribution is 9.12. The normalized spacial score (nSPS) is 32.7. The van der Waals surface area contributed by atoms with E-state index in [1.165, 1.54) is 4.90 Å². The van der Waals surface area contributed by atoms with Gasteiger partial charge in [0.05, 0.1) is 17.5 Å². The van der Waals surface area contributed by atoms with Crippen LogP contribution in [0, 0.1) is 23.7 Å². The number of fused-ring (bicyclic) bond motifs is 5. The third-order valence-electron chi connectivity index (χ3n) is 6.55. The van der Waals surface area contributed by atoms with Gasteiger partial charge in [0, 0.05) is 16.1 Å². The molecule has 2 bridgehead atoms. The van der Waals surface area contributed by atoms with Crippen LogP contribution < -0.4 is 9.64 Å². The van der Waals surface area contributed by atoms with E-state index in [0.717, 1.165) is 32.1 Å². The van der Waals surface area contributed by atoms with Gasteiger partial charge in [-0.05, 0) is 48.9 Å². The predicted molar refractivity (Wildman–Crippen MR) is 117 cm³/mol. The van der Waals surface area contributed by atoms with Gasteiger partial charge in [-0.15, -0.1) is 0 Å². The molecule has 2 amide bonds. The van der Waals surface area contributed by atoms with Crippen LogP contribution in [0.25, 0.3) is 0 Å². The Morgan fingerprint density at radius 3 is 2.14 bits per heavy atom. The summed E-state index contributed by atoms with van der Waals surface area (Å²) >= 11 is 7.40. The minimum Gasteiger partial charge on any atom is -0.427 e. The van der Waals surface area contributed by atoms with E-state index >= 15 is 0 Å². The van der Waals surface area contributed by atoms with Crippen molar-refractivity contribution in [3.63, 3.8) is 0 Å². The molecule has 29 heavy (non-hydrogen) atoms. The minimum atomic E-state index is -0.250. The number of halogens is 2. The Labute approximate surface area is 187 Å². The number of nitrogens with zero attached hydrogens (tertiary/aromatic N) is 1. The molecule has 7 heteroatoms. The highest BCUT2D eigenvalue weighted by Gasteiger charge is 2.66. The van der Waals surface area contributed by atoms with E-state index < -0.39 is 0 Å². The standard InChI is InChI=1S/C22H25Br2NO4/c1-2-3-4-5-6-16(26)29-13-9-7-12(8-10-13)25-21(27)17-14-11-15(18(17)22(25)28)20(24)19(14)23/h7-10,14-15,17-20H,2-6,11H2,1H3/t14-,15+,17-,18-,19+,20-/m0/s1. The number of benzene rings is 1. The van der Waals surface area contributed by atoms with E-state index in [0.29, 0.717) is 17.9 Å². The van der Waals surface area contributed by atoms with Crippen molar-refractivity contribution < 1.29 is 19.1 Å². The first kappa shape index (κ1) is 21.0. The molecule has 0 spiro atoms. The van der Waals surface area contributed by atoms with Gasteiger partial charge in [0.25, 0.3) is 0 Å². The van der Waals surface area contributed by atoms with Crippen LogP contribution in [0.5, 0.6) is 5.75 Å². The lowest BCUT2D eigenvalue weighted by molar-refractivity contribution is -0.134. The monoisotopic (exact) mass is 525 g/mol. The first-order chi connectivity index (χ1) is 13.9. The first-order valence-electron chi connectivity index (χ1n) is 10.4. The van der Waals surface area contributed by atoms with Crippen LogP contribution >= 0.6 is 31.9 Å². The lowest BCUT2D eigenvalue weighted by atomic mass is 9.81. The minimum absolute atomic E-state index is 0.1000. The summed E-state index contributed by atoms with van der Waals surface area (Å²) in [5.74, 6) is -0.0752. The molecule has 4 rings (SSSR count). The number of esters is 1. The number of imide groups is 1. The van der Waals surface area contributed by atoms with E-state index in [4.69, 9.17) is 4.74 Å². The van der Waals surface area contributed by atoms with Crippen LogP contribution in [0.1, 0.15) is 45.4 Å². The summed E-state index contributed by atoms with van der Waals surface area (Å²) in [6, 6.07) is 6.69. The van der Waals surface area contributed by atoms with E-state index in [2.05, 4.69) is 38.8 Å². The maximum absolute atomic E-state index is 13.1. The summed E-state index contributed by atoms with van der Waals surface area (Å²) < 4.78 is 5.37. The second-order valence-corrected chi connectivity index (χ2v) is 10.4. The molecule has 2 aliphatic carbocycles. The van der Waals surface area contributed by atoms with Crippen LogP contribution in [-0.4, -0.2) is 27.4 Å². The Morgan fingerprint density at radius 2 is 1.59 bits per heavy atom. The van der Waals surface area contributed by atoms with Gasteiger partial charge < -0.3 is 4.74 Å². The molecule has 3 aliphatic rings. The predicted octanol–water partition coefficient (Wildman–Crippen LogP) is 4.84. The zero-order valence-electron chi connectivity index (χ0n) is 16.4. The van der Waals surface area contributed by atoms with Crippen molar-refractivity contribution >= 4 is 55.3 Å². The van der Waals surface area contributed by atoms with Crippen LogP contribution in [0.3, 0.4) is 0 Å². The van der Waals surface area contributed by atoms with Gasteiger partial charge in [0.15, 0.2) is 0 Å². The molecular formula is C22H25Br2NO4. The molecule has 0 N–H and O–H groups in total. The van der Waals surface area contributed by atoms with Crippen molar-refractivity contribution in [2.24, 2.45) is 23.7 Å². The zero-order chi connectivity index (χ0) is 20.7. The van der Waals surface area contributed by atoms with Crippen LogP contribution in [0.2, 0.25) is 0 Å². The van der Waals surface area contributed by atoms with E-state index in [1.807, 2.05) is 0 Å². The highest BCUT2D eigenvalue weighted by atomic mass is 79.9. The van der Waals surface area contributed by atoms with E-state index in [9.17, 15) is 14.4 Å². The number of anilines is 1. The van der Waals surface area contributed by atoms with E-state index in [-0.39, 0.29) is 51.1 Å². The molecule has 5 nitrogen and oxygen atoms in total. The van der Waals surface area contributed by atoms with Crippen molar-refractivity contribution in [1.82, 2.24) is 0 Å².